The van der Waals surface area contributed by atoms with Gasteiger partial charge in [0, 0.05) is 37.3 Å². The van der Waals surface area contributed by atoms with Gasteiger partial charge in [-0.3, -0.25) is 19.5 Å². The first-order chi connectivity index (χ1) is 14.2. The summed E-state index contributed by atoms with van der Waals surface area (Å²) in [6.45, 7) is 3.84. The van der Waals surface area contributed by atoms with Gasteiger partial charge in [-0.1, -0.05) is 6.07 Å². The first-order valence-electron chi connectivity index (χ1n) is 10.3. The van der Waals surface area contributed by atoms with Gasteiger partial charge in [-0.25, -0.2) is 4.98 Å². The SMILES string of the molecule is O=C(NCc1ccccn1)[C@H]1CCCN(C2CCN(C(=O)c3cscn3)CC2)C1. The lowest BCUT2D eigenvalue weighted by Gasteiger charge is -2.41. The summed E-state index contributed by atoms with van der Waals surface area (Å²) in [6, 6.07) is 6.18. The molecule has 2 aliphatic heterocycles. The van der Waals surface area contributed by atoms with Crippen molar-refractivity contribution < 1.29 is 9.59 Å². The van der Waals surface area contributed by atoms with Gasteiger partial charge in [0.2, 0.25) is 5.91 Å². The fraction of sp³-hybridized carbons (Fsp3) is 0.524. The number of thiazole rings is 1. The summed E-state index contributed by atoms with van der Waals surface area (Å²) in [4.78, 5) is 37.9. The number of aromatic nitrogens is 2. The molecule has 0 unspecified atom stereocenters. The molecule has 29 heavy (non-hydrogen) atoms. The monoisotopic (exact) mass is 413 g/mol. The average Bonchev–Trinajstić information content (AvgIpc) is 3.33. The molecule has 4 rings (SSSR count). The minimum atomic E-state index is 0.0298. The van der Waals surface area contributed by atoms with Crippen molar-refractivity contribution in [1.29, 1.82) is 0 Å². The Bertz CT molecular complexity index is 806. The number of nitrogens with one attached hydrogen (secondary N) is 1. The molecule has 2 aromatic rings. The lowest BCUT2D eigenvalue weighted by molar-refractivity contribution is -0.127. The Hall–Kier alpha value is -2.32. The van der Waals surface area contributed by atoms with Crippen LogP contribution < -0.4 is 5.32 Å². The van der Waals surface area contributed by atoms with E-state index in [-0.39, 0.29) is 17.7 Å². The molecule has 154 valence electrons. The number of pyridine rings is 1. The Morgan fingerprint density at radius 2 is 2.00 bits per heavy atom. The second-order valence-electron chi connectivity index (χ2n) is 7.77. The maximum atomic E-state index is 12.6. The highest BCUT2D eigenvalue weighted by atomic mass is 32.1. The van der Waals surface area contributed by atoms with Crippen LogP contribution in [0.2, 0.25) is 0 Å². The summed E-state index contributed by atoms with van der Waals surface area (Å²) < 4.78 is 0. The molecule has 1 atom stereocenters. The number of amides is 2. The van der Waals surface area contributed by atoms with E-state index in [0.29, 0.717) is 18.3 Å². The molecule has 2 aliphatic rings. The lowest BCUT2D eigenvalue weighted by atomic mass is 9.93. The smallest absolute Gasteiger partial charge is 0.273 e. The van der Waals surface area contributed by atoms with Gasteiger partial charge in [-0.2, -0.15) is 0 Å². The van der Waals surface area contributed by atoms with Crippen LogP contribution >= 0.6 is 11.3 Å². The quantitative estimate of drug-likeness (QED) is 0.813. The number of piperidine rings is 2. The highest BCUT2D eigenvalue weighted by molar-refractivity contribution is 7.07. The number of hydrogen-bond donors (Lipinski definition) is 1. The third kappa shape index (κ3) is 5.00. The molecular weight excluding hydrogens is 386 g/mol. The van der Waals surface area contributed by atoms with Crippen molar-refractivity contribution in [2.75, 3.05) is 26.2 Å². The van der Waals surface area contributed by atoms with Crippen molar-refractivity contribution in [1.82, 2.24) is 25.1 Å². The van der Waals surface area contributed by atoms with E-state index in [1.165, 1.54) is 11.3 Å². The molecule has 8 heteroatoms. The maximum Gasteiger partial charge on any atom is 0.273 e. The number of likely N-dealkylation sites (tertiary alicyclic amines) is 2. The predicted octanol–water partition coefficient (Wildman–Crippen LogP) is 2.17. The molecule has 2 amide bonds. The molecule has 4 heterocycles. The fourth-order valence-corrected chi connectivity index (χ4v) is 4.82. The minimum Gasteiger partial charge on any atom is -0.350 e. The summed E-state index contributed by atoms with van der Waals surface area (Å²) in [7, 11) is 0. The van der Waals surface area contributed by atoms with Gasteiger partial charge in [0.15, 0.2) is 0 Å². The van der Waals surface area contributed by atoms with Gasteiger partial charge >= 0.3 is 0 Å². The molecule has 0 aromatic carbocycles. The van der Waals surface area contributed by atoms with Crippen LogP contribution in [-0.4, -0.2) is 63.8 Å². The molecule has 2 saturated heterocycles. The van der Waals surface area contributed by atoms with Crippen LogP contribution in [0.25, 0.3) is 0 Å². The standard InChI is InChI=1S/C21H27N5O2S/c27-20(23-12-17-5-1-2-8-22-17)16-4-3-9-26(13-16)18-6-10-25(11-7-18)21(28)19-14-29-15-24-19/h1-2,5,8,14-16,18H,3-4,6-7,9-13H2,(H,23,27)/t16-/m0/s1. The normalized spacial score (nSPS) is 21.1. The van der Waals surface area contributed by atoms with Crippen LogP contribution in [-0.2, 0) is 11.3 Å². The summed E-state index contributed by atoms with van der Waals surface area (Å²) in [5.74, 6) is 0.189. The zero-order chi connectivity index (χ0) is 20.1. The Labute approximate surface area is 175 Å². The van der Waals surface area contributed by atoms with E-state index < -0.39 is 0 Å². The number of rotatable bonds is 5. The Balaban J connectivity index is 1.25. The zero-order valence-electron chi connectivity index (χ0n) is 16.5. The van der Waals surface area contributed by atoms with Gasteiger partial charge in [0.1, 0.15) is 5.69 Å². The van der Waals surface area contributed by atoms with E-state index >= 15 is 0 Å². The topological polar surface area (TPSA) is 78.4 Å². The van der Waals surface area contributed by atoms with Crippen molar-refractivity contribution in [3.8, 4) is 0 Å². The van der Waals surface area contributed by atoms with Crippen molar-refractivity contribution >= 4 is 23.2 Å². The highest BCUT2D eigenvalue weighted by Gasteiger charge is 2.32. The zero-order valence-corrected chi connectivity index (χ0v) is 17.3. The third-order valence-corrected chi connectivity index (χ3v) is 6.50. The molecule has 0 radical (unpaired) electrons. The average molecular weight is 414 g/mol. The van der Waals surface area contributed by atoms with Crippen LogP contribution in [0.1, 0.15) is 41.9 Å². The number of carbonyl (C=O) groups excluding carboxylic acids is 2. The van der Waals surface area contributed by atoms with E-state index in [0.717, 1.165) is 57.6 Å². The largest absolute Gasteiger partial charge is 0.350 e. The summed E-state index contributed by atoms with van der Waals surface area (Å²) >= 11 is 1.45. The van der Waals surface area contributed by atoms with Crippen LogP contribution in [0.4, 0.5) is 0 Å². The van der Waals surface area contributed by atoms with Gasteiger partial charge in [-0.15, -0.1) is 11.3 Å². The van der Waals surface area contributed by atoms with E-state index in [2.05, 4.69) is 20.2 Å². The molecule has 1 N–H and O–H groups in total. The Morgan fingerprint density at radius 1 is 1.14 bits per heavy atom. The van der Waals surface area contributed by atoms with Crippen molar-refractivity contribution in [2.45, 2.75) is 38.3 Å². The van der Waals surface area contributed by atoms with Crippen LogP contribution in [0, 0.1) is 5.92 Å². The van der Waals surface area contributed by atoms with Gasteiger partial charge in [0.25, 0.3) is 5.91 Å². The van der Waals surface area contributed by atoms with Crippen LogP contribution in [0.5, 0.6) is 0 Å². The summed E-state index contributed by atoms with van der Waals surface area (Å²) in [6.07, 6.45) is 5.64. The van der Waals surface area contributed by atoms with Gasteiger partial charge in [-0.05, 0) is 44.4 Å². The first kappa shape index (κ1) is 20.0. The van der Waals surface area contributed by atoms with Crippen molar-refractivity contribution in [2.24, 2.45) is 5.92 Å². The Kier molecular flexibility index (Phi) is 6.51. The number of nitrogens with zero attached hydrogens (tertiary/aromatic N) is 4. The van der Waals surface area contributed by atoms with Gasteiger partial charge < -0.3 is 10.2 Å². The second-order valence-corrected chi connectivity index (χ2v) is 8.49. The van der Waals surface area contributed by atoms with Crippen LogP contribution in [0.3, 0.4) is 0 Å². The molecule has 0 aliphatic carbocycles. The molecule has 0 saturated carbocycles. The van der Waals surface area contributed by atoms with E-state index in [4.69, 9.17) is 0 Å². The summed E-state index contributed by atoms with van der Waals surface area (Å²) in [5, 5.41) is 4.86. The molecule has 2 aromatic heterocycles. The lowest BCUT2D eigenvalue weighted by Crippen LogP contribution is -2.51. The predicted molar refractivity (Wildman–Crippen MR) is 111 cm³/mol. The molecular formula is C21H27N5O2S. The van der Waals surface area contributed by atoms with E-state index in [1.807, 2.05) is 28.5 Å². The fourth-order valence-electron chi connectivity index (χ4n) is 4.29. The second kappa shape index (κ2) is 9.45. The molecule has 2 fully saturated rings. The minimum absolute atomic E-state index is 0.0298. The van der Waals surface area contributed by atoms with Crippen LogP contribution in [0.15, 0.2) is 35.3 Å². The van der Waals surface area contributed by atoms with E-state index in [1.54, 1.807) is 11.7 Å². The number of carbonyl (C=O) groups is 2. The Morgan fingerprint density at radius 3 is 2.72 bits per heavy atom. The van der Waals surface area contributed by atoms with E-state index in [9.17, 15) is 9.59 Å². The summed E-state index contributed by atoms with van der Waals surface area (Å²) in [5.41, 5.74) is 3.13. The van der Waals surface area contributed by atoms with Gasteiger partial charge in [0.05, 0.1) is 23.7 Å². The van der Waals surface area contributed by atoms with Crippen molar-refractivity contribution in [3.05, 3.63) is 46.7 Å². The first-order valence-corrected chi connectivity index (χ1v) is 11.2. The van der Waals surface area contributed by atoms with Crippen molar-refractivity contribution in [3.63, 3.8) is 0 Å². The maximum absolute atomic E-state index is 12.6. The third-order valence-electron chi connectivity index (χ3n) is 5.91. The molecule has 7 nitrogen and oxygen atoms in total. The molecule has 0 bridgehead atoms. The highest BCUT2D eigenvalue weighted by Crippen LogP contribution is 2.25. The number of hydrogen-bond acceptors (Lipinski definition) is 6. The molecule has 0 spiro atoms.